The average molecular weight is 441 g/mol. The number of benzene rings is 1. The van der Waals surface area contributed by atoms with Crippen LogP contribution in [0.3, 0.4) is 0 Å². The summed E-state index contributed by atoms with van der Waals surface area (Å²) in [5.74, 6) is 1.99. The lowest BCUT2D eigenvalue weighted by molar-refractivity contribution is -0.114. The lowest BCUT2D eigenvalue weighted by atomic mass is 10.00. The van der Waals surface area contributed by atoms with Crippen molar-refractivity contribution >= 4 is 22.8 Å². The van der Waals surface area contributed by atoms with E-state index >= 15 is 0 Å². The number of nitrogens with zero attached hydrogens (tertiary/aromatic N) is 4. The van der Waals surface area contributed by atoms with Crippen molar-refractivity contribution in [2.45, 2.75) is 75.3 Å². The maximum Gasteiger partial charge on any atom is 0.160 e. The van der Waals surface area contributed by atoms with Gasteiger partial charge in [0.15, 0.2) is 5.82 Å². The maximum absolute atomic E-state index is 9.44. The molecule has 0 radical (unpaired) electrons. The lowest BCUT2D eigenvalue weighted by Gasteiger charge is -2.09. The molecule has 3 heterocycles. The van der Waals surface area contributed by atoms with Crippen LogP contribution in [0.1, 0.15) is 81.2 Å². The Kier molecular flexibility index (Phi) is 11.0. The van der Waals surface area contributed by atoms with Gasteiger partial charge in [-0.2, -0.15) is 0 Å². The number of rotatable bonds is 1. The van der Waals surface area contributed by atoms with E-state index in [1.165, 1.54) is 41.3 Å². The molecule has 0 aliphatic carbocycles. The molecule has 1 aliphatic heterocycles. The van der Waals surface area contributed by atoms with Crippen LogP contribution < -0.4 is 0 Å². The first kappa shape index (κ1) is 26.4. The molecule has 4 rings (SSSR count). The van der Waals surface area contributed by atoms with E-state index in [4.69, 9.17) is 4.99 Å². The minimum Gasteiger partial charge on any atom is -0.300 e. The summed E-state index contributed by atoms with van der Waals surface area (Å²) in [6.07, 6.45) is 1.25. The summed E-state index contributed by atoms with van der Waals surface area (Å²) in [4.78, 5) is 15.6. The summed E-state index contributed by atoms with van der Waals surface area (Å²) in [7, 11) is 0. The second-order valence-corrected chi connectivity index (χ2v) is 8.31. The first-order valence-corrected chi connectivity index (χ1v) is 11.7. The van der Waals surface area contributed by atoms with Crippen molar-refractivity contribution < 1.29 is 4.79 Å². The average Bonchev–Trinajstić information content (AvgIpc) is 3.18. The smallest absolute Gasteiger partial charge is 0.160 e. The van der Waals surface area contributed by atoms with E-state index < -0.39 is 0 Å². The maximum atomic E-state index is 9.44. The Bertz CT molecular complexity index is 996. The van der Waals surface area contributed by atoms with Gasteiger partial charge in [0.1, 0.15) is 23.2 Å². The Labute approximate surface area is 191 Å². The summed E-state index contributed by atoms with van der Waals surface area (Å²) in [5, 5.41) is 9.71. The van der Waals surface area contributed by atoms with Gasteiger partial charge in [0.2, 0.25) is 0 Å². The van der Waals surface area contributed by atoms with E-state index in [1.54, 1.807) is 11.3 Å². The third-order valence-corrected chi connectivity index (χ3v) is 5.32. The molecule has 2 aromatic heterocycles. The predicted octanol–water partition coefficient (Wildman–Crippen LogP) is 6.64. The zero-order valence-corrected chi connectivity index (χ0v) is 21.2. The number of hydrogen-bond donors (Lipinski definition) is 0. The van der Waals surface area contributed by atoms with E-state index in [-0.39, 0.29) is 5.78 Å². The van der Waals surface area contributed by atoms with Crippen molar-refractivity contribution in [1.82, 2.24) is 14.8 Å². The van der Waals surface area contributed by atoms with Gasteiger partial charge in [0, 0.05) is 16.0 Å². The van der Waals surface area contributed by atoms with Crippen LogP contribution in [0.2, 0.25) is 0 Å². The molecule has 0 spiro atoms. The number of aromatic nitrogens is 3. The number of thiophene rings is 1. The van der Waals surface area contributed by atoms with E-state index in [9.17, 15) is 4.79 Å². The molecule has 168 valence electrons. The normalized spacial score (nSPS) is 11.1. The van der Waals surface area contributed by atoms with E-state index in [0.717, 1.165) is 22.9 Å². The SMILES string of the molecule is CC.CC(C)=O.CCC.Cc1sc2c(c1C)C(c1ccccc1)=NCc1nnc(C)n1-2. The zero-order chi connectivity index (χ0) is 23.6. The van der Waals surface area contributed by atoms with Crippen LogP contribution in [0.5, 0.6) is 0 Å². The molecule has 0 atom stereocenters. The van der Waals surface area contributed by atoms with Gasteiger partial charge in [-0.15, -0.1) is 21.5 Å². The number of hydrogen-bond acceptors (Lipinski definition) is 5. The number of fused-ring (bicyclic) bond motifs is 3. The molecule has 5 nitrogen and oxygen atoms in total. The molecule has 3 aromatic rings. The summed E-state index contributed by atoms with van der Waals surface area (Å²) < 4.78 is 2.15. The molecule has 0 N–H and O–H groups in total. The predicted molar refractivity (Wildman–Crippen MR) is 133 cm³/mol. The Hall–Kier alpha value is -2.60. The second-order valence-electron chi connectivity index (χ2n) is 7.11. The van der Waals surface area contributed by atoms with Crippen LogP contribution in [0.4, 0.5) is 0 Å². The molecule has 0 saturated carbocycles. The van der Waals surface area contributed by atoms with Crippen molar-refractivity contribution in [2.24, 2.45) is 4.99 Å². The Morgan fingerprint density at radius 3 is 2.13 bits per heavy atom. The van der Waals surface area contributed by atoms with Gasteiger partial charge >= 0.3 is 0 Å². The highest BCUT2D eigenvalue weighted by Crippen LogP contribution is 2.36. The largest absolute Gasteiger partial charge is 0.300 e. The van der Waals surface area contributed by atoms with Crippen molar-refractivity contribution in [1.29, 1.82) is 0 Å². The van der Waals surface area contributed by atoms with Crippen LogP contribution >= 0.6 is 11.3 Å². The highest BCUT2D eigenvalue weighted by atomic mass is 32.1. The van der Waals surface area contributed by atoms with E-state index in [0.29, 0.717) is 6.54 Å². The molecule has 0 fully saturated rings. The number of Topliss-reactive ketones (excluding diaryl/α,β-unsaturated/α-hetero) is 1. The molecule has 0 amide bonds. The standard InChI is InChI=1S/C17H16N4S.C3H6O.C3H8.C2H6/c1-10-11(2)22-17-15(10)16(13-7-5-4-6-8-13)18-9-14-20-19-12(3)21(14)17;1-3(2)4;1-3-2;1-2/h4-8H,9H2,1-3H3;1-2H3;3H2,1-2H3;1-2H3. The van der Waals surface area contributed by atoms with Crippen LogP contribution in [0, 0.1) is 20.8 Å². The van der Waals surface area contributed by atoms with Crippen LogP contribution in [0.15, 0.2) is 35.3 Å². The first-order valence-electron chi connectivity index (χ1n) is 10.9. The minimum atomic E-state index is 0.167. The van der Waals surface area contributed by atoms with Gasteiger partial charge in [-0.3, -0.25) is 9.56 Å². The fraction of sp³-hybridized carbons (Fsp3) is 0.440. The number of aryl methyl sites for hydroxylation is 2. The number of aliphatic imine (C=N–C) groups is 1. The van der Waals surface area contributed by atoms with E-state index in [1.807, 2.05) is 26.8 Å². The minimum absolute atomic E-state index is 0.167. The van der Waals surface area contributed by atoms with Gasteiger partial charge < -0.3 is 4.79 Å². The first-order chi connectivity index (χ1) is 14.8. The van der Waals surface area contributed by atoms with Crippen molar-refractivity contribution in [3.63, 3.8) is 0 Å². The Morgan fingerprint density at radius 2 is 1.58 bits per heavy atom. The van der Waals surface area contributed by atoms with Gasteiger partial charge in [-0.05, 0) is 40.2 Å². The highest BCUT2D eigenvalue weighted by molar-refractivity contribution is 7.15. The zero-order valence-electron chi connectivity index (χ0n) is 20.4. The van der Waals surface area contributed by atoms with Crippen LogP contribution in [-0.2, 0) is 11.3 Å². The van der Waals surface area contributed by atoms with Gasteiger partial charge in [0.05, 0.1) is 5.71 Å². The molecule has 31 heavy (non-hydrogen) atoms. The summed E-state index contributed by atoms with van der Waals surface area (Å²) >= 11 is 1.79. The lowest BCUT2D eigenvalue weighted by Crippen LogP contribution is -2.06. The van der Waals surface area contributed by atoms with Crippen LogP contribution in [0.25, 0.3) is 5.00 Å². The third kappa shape index (κ3) is 6.69. The Balaban J connectivity index is 0.000000464. The molecular weight excluding hydrogens is 404 g/mol. The summed E-state index contributed by atoms with van der Waals surface area (Å²) in [5.41, 5.74) is 4.72. The number of carbonyl (C=O) groups excluding carboxylic acids is 1. The molecule has 1 aromatic carbocycles. The second kappa shape index (κ2) is 13.0. The number of ketones is 1. The van der Waals surface area contributed by atoms with Gasteiger partial charge in [0.25, 0.3) is 0 Å². The topological polar surface area (TPSA) is 60.1 Å². The van der Waals surface area contributed by atoms with Gasteiger partial charge in [-0.25, -0.2) is 0 Å². The summed E-state index contributed by atoms with van der Waals surface area (Å²) in [6.45, 7) is 18.2. The van der Waals surface area contributed by atoms with Gasteiger partial charge in [-0.1, -0.05) is 64.4 Å². The van der Waals surface area contributed by atoms with Crippen molar-refractivity contribution in [3.8, 4) is 5.00 Å². The van der Waals surface area contributed by atoms with Crippen molar-refractivity contribution in [3.05, 3.63) is 63.5 Å². The molecule has 0 saturated heterocycles. The third-order valence-electron chi connectivity index (χ3n) is 4.12. The quantitative estimate of drug-likeness (QED) is 0.426. The molecule has 0 unspecified atom stereocenters. The van der Waals surface area contributed by atoms with Crippen LogP contribution in [-0.4, -0.2) is 26.3 Å². The number of carbonyl (C=O) groups is 1. The Morgan fingerprint density at radius 1 is 1.03 bits per heavy atom. The molecular formula is C25H36N4OS. The fourth-order valence-electron chi connectivity index (χ4n) is 2.88. The fourth-order valence-corrected chi connectivity index (χ4v) is 4.10. The van der Waals surface area contributed by atoms with E-state index in [2.05, 4.69) is 66.7 Å². The molecule has 6 heteroatoms. The molecule has 1 aliphatic rings. The summed E-state index contributed by atoms with van der Waals surface area (Å²) in [6, 6.07) is 10.4. The monoisotopic (exact) mass is 440 g/mol. The highest BCUT2D eigenvalue weighted by Gasteiger charge is 2.26. The molecule has 0 bridgehead atoms. The van der Waals surface area contributed by atoms with Crippen molar-refractivity contribution in [2.75, 3.05) is 0 Å².